The molecule has 8 N–H and O–H groups in total. The van der Waals surface area contributed by atoms with Crippen molar-refractivity contribution >= 4 is 47.8 Å². The van der Waals surface area contributed by atoms with E-state index in [0.29, 0.717) is 0 Å². The molecule has 0 spiro atoms. The van der Waals surface area contributed by atoms with Crippen LogP contribution in [0.15, 0.2) is 0 Å². The zero-order valence-corrected chi connectivity index (χ0v) is 33.3. The van der Waals surface area contributed by atoms with Gasteiger partial charge in [-0.05, 0) is 12.6 Å². The normalized spacial score (nSPS) is 12.0. The Kier molecular flexibility index (Phi) is 37.7. The summed E-state index contributed by atoms with van der Waals surface area (Å²) in [5, 5.41) is 114. The van der Waals surface area contributed by atoms with Crippen molar-refractivity contribution in [3.8, 4) is 0 Å². The van der Waals surface area contributed by atoms with E-state index in [4.69, 9.17) is 40.9 Å². The number of aliphatic hydroxyl groups is 2. The summed E-state index contributed by atoms with van der Waals surface area (Å²) in [6, 6.07) is 0. The van der Waals surface area contributed by atoms with Gasteiger partial charge in [-0.15, -0.1) is 0 Å². The van der Waals surface area contributed by atoms with Crippen molar-refractivity contribution in [1.29, 1.82) is 0 Å². The Bertz CT molecular complexity index is 1100. The minimum absolute atomic E-state index is 0. The molecule has 0 rings (SSSR count). The molecule has 26 nitrogen and oxygen atoms in total. The van der Waals surface area contributed by atoms with E-state index in [1.165, 1.54) is 9.80 Å². The summed E-state index contributed by atoms with van der Waals surface area (Å²) >= 11 is 0. The van der Waals surface area contributed by atoms with Gasteiger partial charge in [0.2, 0.25) is 0 Å². The monoisotopic (exact) mass is 1120 g/mol. The number of nitrogens with zero attached hydrogens (tertiary/aromatic N) is 6. The van der Waals surface area contributed by atoms with Gasteiger partial charge in [0.05, 0.1) is 51.2 Å². The molecule has 0 amide bonds. The summed E-state index contributed by atoms with van der Waals surface area (Å²) in [5.74, 6) is -10.3. The first-order valence-electron chi connectivity index (χ1n) is 15.7. The predicted octanol–water partition coefficient (Wildman–Crippen LogP) is -10.9. The van der Waals surface area contributed by atoms with Crippen molar-refractivity contribution in [1.82, 2.24) is 29.4 Å². The summed E-state index contributed by atoms with van der Waals surface area (Å²) in [4.78, 5) is 93.4. The second kappa shape index (κ2) is 34.9. The van der Waals surface area contributed by atoms with Gasteiger partial charge in [0.15, 0.2) is 0 Å². The van der Waals surface area contributed by atoms with Gasteiger partial charge >= 0.3 is 110 Å². The van der Waals surface area contributed by atoms with Crippen molar-refractivity contribution < 1.29 is 174 Å². The SMILES string of the molecule is O=C([O-])CN(CCN(CCN(CC(=O)O)CC(=O)O)CC(=O)O)CC([O-])O.O=C([O-])CN(CCN(CCN(CC(=O)O)CC(=O)O)CC(=O)O)CC([O-])O.[Er+3].[Er+3]. The first-order valence-corrected chi connectivity index (χ1v) is 15.7. The summed E-state index contributed by atoms with van der Waals surface area (Å²) in [7, 11) is 0. The van der Waals surface area contributed by atoms with E-state index in [9.17, 15) is 58.8 Å². The number of rotatable bonds is 32. The Balaban J connectivity index is -0.000000466. The van der Waals surface area contributed by atoms with E-state index in [-0.39, 0.29) is 127 Å². The van der Waals surface area contributed by atoms with E-state index in [1.54, 1.807) is 0 Å². The molecule has 56 heavy (non-hydrogen) atoms. The molecule has 0 fully saturated rings. The maximum Gasteiger partial charge on any atom is 3.00 e. The number of carbonyl (C=O) groups is 8. The Morgan fingerprint density at radius 1 is 0.357 bits per heavy atom. The van der Waals surface area contributed by atoms with Crippen molar-refractivity contribution in [2.45, 2.75) is 12.6 Å². The Morgan fingerprint density at radius 3 is 0.714 bits per heavy atom. The van der Waals surface area contributed by atoms with Gasteiger partial charge in [-0.25, -0.2) is 0 Å². The van der Waals surface area contributed by atoms with Gasteiger partial charge in [0.1, 0.15) is 0 Å². The van der Waals surface area contributed by atoms with Crippen LogP contribution in [-0.2, 0) is 38.4 Å². The van der Waals surface area contributed by atoms with Crippen LogP contribution in [0, 0.1) is 74.6 Å². The van der Waals surface area contributed by atoms with Crippen LogP contribution in [0.25, 0.3) is 0 Å². The second-order valence-corrected chi connectivity index (χ2v) is 11.5. The summed E-state index contributed by atoms with van der Waals surface area (Å²) in [6.45, 7) is -5.70. The molecular weight excluding hydrogens is 1070 g/mol. The second-order valence-electron chi connectivity index (χ2n) is 11.5. The number of aliphatic carboxylic acids is 8. The maximum absolute atomic E-state index is 11.0. The summed E-state index contributed by atoms with van der Waals surface area (Å²) in [5.41, 5.74) is 0. The Hall–Kier alpha value is -2.15. The fourth-order valence-electron chi connectivity index (χ4n) is 4.52. The van der Waals surface area contributed by atoms with Gasteiger partial charge in [0.25, 0.3) is 0 Å². The van der Waals surface area contributed by atoms with Crippen LogP contribution in [0.4, 0.5) is 0 Å². The fourth-order valence-corrected chi connectivity index (χ4v) is 4.52. The standard InChI is InChI=1S/2C14H24N3O10.2Er/c2*18-10(19)5-15(1-3-16(6-11(20)21)7-12(22)23)2-4-17(8-13(24)25)9-14(26)27;;/h2*11,20H,1-9H2,(H,18,19)(H,22,23)(H,24,25)(H,26,27);;/q2*-1;2*+3/p-2. The molecule has 0 aliphatic rings. The number of aliphatic hydroxyl groups excluding tert-OH is 2. The third kappa shape index (κ3) is 40.1. The van der Waals surface area contributed by atoms with Crippen LogP contribution < -0.4 is 20.4 Å². The van der Waals surface area contributed by atoms with Crippen LogP contribution in [0.5, 0.6) is 0 Å². The number of hydrogen-bond donors (Lipinski definition) is 8. The molecular formula is C28H46Er2N6O20+2. The molecule has 0 aromatic rings. The average Bonchev–Trinajstić information content (AvgIpc) is 2.97. The molecule has 0 aromatic carbocycles. The molecule has 2 atom stereocenters. The summed E-state index contributed by atoms with van der Waals surface area (Å²) in [6.07, 6.45) is -4.09. The van der Waals surface area contributed by atoms with Gasteiger partial charge < -0.3 is 70.9 Å². The molecule has 0 saturated heterocycles. The van der Waals surface area contributed by atoms with E-state index in [1.807, 2.05) is 0 Å². The Morgan fingerprint density at radius 2 is 0.536 bits per heavy atom. The fraction of sp³-hybridized carbons (Fsp3) is 0.714. The van der Waals surface area contributed by atoms with Crippen molar-refractivity contribution in [2.24, 2.45) is 0 Å². The number of carboxylic acids is 8. The van der Waals surface area contributed by atoms with Crippen LogP contribution >= 0.6 is 0 Å². The summed E-state index contributed by atoms with van der Waals surface area (Å²) < 4.78 is 0. The molecule has 330 valence electrons. The molecule has 2 radical (unpaired) electrons. The smallest absolute Gasteiger partial charge is 0.830 e. The first-order chi connectivity index (χ1) is 25.0. The molecule has 0 aliphatic carbocycles. The van der Waals surface area contributed by atoms with Crippen LogP contribution in [0.1, 0.15) is 0 Å². The third-order valence-electron chi connectivity index (χ3n) is 6.62. The number of carboxylic acid groups (broad SMARTS) is 8. The van der Waals surface area contributed by atoms with Crippen molar-refractivity contribution in [3.05, 3.63) is 0 Å². The molecule has 0 bridgehead atoms. The van der Waals surface area contributed by atoms with Gasteiger partial charge in [0, 0.05) is 78.5 Å². The van der Waals surface area contributed by atoms with E-state index in [0.717, 1.165) is 19.6 Å². The minimum Gasteiger partial charge on any atom is -0.830 e. The largest absolute Gasteiger partial charge is 3.00 e. The van der Waals surface area contributed by atoms with E-state index < -0.39 is 126 Å². The molecule has 0 saturated carbocycles. The molecule has 2 unspecified atom stereocenters. The zero-order chi connectivity index (χ0) is 42.0. The Labute approximate surface area is 378 Å². The van der Waals surface area contributed by atoms with E-state index >= 15 is 0 Å². The number of carbonyl (C=O) groups excluding carboxylic acids is 2. The van der Waals surface area contributed by atoms with Gasteiger partial charge in [-0.1, -0.05) is 0 Å². The molecule has 0 aromatic heterocycles. The topological polar surface area (TPSA) is 410 Å². The van der Waals surface area contributed by atoms with Crippen LogP contribution in [-0.4, -0.2) is 248 Å². The van der Waals surface area contributed by atoms with Gasteiger partial charge in [-0.2, -0.15) is 0 Å². The quantitative estimate of drug-likeness (QED) is 0.0290. The minimum atomic E-state index is -2.04. The molecule has 28 heteroatoms. The predicted molar refractivity (Wildman–Crippen MR) is 166 cm³/mol. The maximum atomic E-state index is 11.0. The van der Waals surface area contributed by atoms with Crippen LogP contribution in [0.2, 0.25) is 0 Å². The third-order valence-corrected chi connectivity index (χ3v) is 6.62. The molecule has 0 heterocycles. The average molecular weight is 1120 g/mol. The van der Waals surface area contributed by atoms with E-state index in [2.05, 4.69) is 0 Å². The van der Waals surface area contributed by atoms with Crippen molar-refractivity contribution in [2.75, 3.05) is 118 Å². The first kappa shape index (κ1) is 60.5. The zero-order valence-electron chi connectivity index (χ0n) is 29.6. The van der Waals surface area contributed by atoms with Gasteiger partial charge in [-0.3, -0.25) is 58.2 Å². The van der Waals surface area contributed by atoms with Crippen molar-refractivity contribution in [3.63, 3.8) is 0 Å². The number of hydrogen-bond acceptors (Lipinski definition) is 20. The van der Waals surface area contributed by atoms with Crippen LogP contribution in [0.3, 0.4) is 0 Å². The molecule has 0 aliphatic heterocycles.